The zero-order valence-corrected chi connectivity index (χ0v) is 16.4. The van der Waals surface area contributed by atoms with Gasteiger partial charge in [-0.1, -0.05) is 12.1 Å². The van der Waals surface area contributed by atoms with E-state index in [1.807, 2.05) is 12.1 Å². The molecule has 0 spiro atoms. The predicted octanol–water partition coefficient (Wildman–Crippen LogP) is 4.50. The van der Waals surface area contributed by atoms with Crippen molar-refractivity contribution in [2.75, 3.05) is 17.8 Å². The molecule has 2 atom stereocenters. The lowest BCUT2D eigenvalue weighted by molar-refractivity contribution is 0.245. The van der Waals surface area contributed by atoms with Gasteiger partial charge in [0.25, 0.3) is 10.0 Å². The summed E-state index contributed by atoms with van der Waals surface area (Å²) in [6.07, 6.45) is 6.12. The Labute approximate surface area is 164 Å². The molecule has 2 aliphatic rings. The second-order valence-electron chi connectivity index (χ2n) is 7.71. The van der Waals surface area contributed by atoms with Crippen molar-refractivity contribution in [3.05, 3.63) is 59.7 Å². The van der Waals surface area contributed by atoms with Crippen LogP contribution in [0.1, 0.15) is 43.6 Å². The van der Waals surface area contributed by atoms with Crippen LogP contribution in [0, 0.1) is 11.6 Å². The van der Waals surface area contributed by atoms with Crippen molar-refractivity contribution in [2.24, 2.45) is 0 Å². The maximum absolute atomic E-state index is 13.3. The Balaban J connectivity index is 1.42. The lowest BCUT2D eigenvalue weighted by atomic mass is 9.97. The molecular weight excluding hydrogens is 382 g/mol. The van der Waals surface area contributed by atoms with Crippen LogP contribution < -0.4 is 4.72 Å². The first-order chi connectivity index (χ1) is 13.4. The molecule has 1 heterocycles. The molecule has 2 unspecified atom stereocenters. The molecule has 1 N–H and O–H groups in total. The van der Waals surface area contributed by atoms with Crippen LogP contribution in [0.15, 0.2) is 47.4 Å². The molecule has 1 saturated heterocycles. The average molecular weight is 406 g/mol. The Bertz CT molecular complexity index is 941. The van der Waals surface area contributed by atoms with Crippen LogP contribution in [0.5, 0.6) is 0 Å². The Morgan fingerprint density at radius 3 is 2.32 bits per heavy atom. The number of rotatable bonds is 5. The van der Waals surface area contributed by atoms with Crippen molar-refractivity contribution in [1.29, 1.82) is 0 Å². The summed E-state index contributed by atoms with van der Waals surface area (Å²) in [7, 11) is -3.97. The van der Waals surface area contributed by atoms with E-state index in [4.69, 9.17) is 0 Å². The smallest absolute Gasteiger partial charge is 0.261 e. The highest BCUT2D eigenvalue weighted by atomic mass is 32.2. The number of nitrogens with one attached hydrogen (secondary N) is 1. The molecular formula is C21H24F2N2O2S. The maximum atomic E-state index is 13.3. The highest BCUT2D eigenvalue weighted by Crippen LogP contribution is 2.38. The molecule has 7 heteroatoms. The minimum Gasteiger partial charge on any atom is -0.300 e. The van der Waals surface area contributed by atoms with Gasteiger partial charge in [0.05, 0.1) is 4.90 Å². The van der Waals surface area contributed by atoms with E-state index in [0.717, 1.165) is 25.0 Å². The largest absolute Gasteiger partial charge is 0.300 e. The van der Waals surface area contributed by atoms with E-state index < -0.39 is 21.7 Å². The number of benzene rings is 2. The fourth-order valence-corrected chi connectivity index (χ4v) is 5.45. The predicted molar refractivity (Wildman–Crippen MR) is 105 cm³/mol. The topological polar surface area (TPSA) is 49.4 Å². The van der Waals surface area contributed by atoms with Crippen molar-refractivity contribution in [2.45, 2.75) is 49.0 Å². The van der Waals surface area contributed by atoms with Gasteiger partial charge in [0.1, 0.15) is 0 Å². The van der Waals surface area contributed by atoms with Crippen molar-refractivity contribution in [3.63, 3.8) is 0 Å². The van der Waals surface area contributed by atoms with Crippen LogP contribution in [0.2, 0.25) is 0 Å². The van der Waals surface area contributed by atoms with Crippen LogP contribution in [0.25, 0.3) is 0 Å². The Morgan fingerprint density at radius 1 is 0.929 bits per heavy atom. The van der Waals surface area contributed by atoms with Gasteiger partial charge in [-0.25, -0.2) is 17.2 Å². The molecule has 1 saturated carbocycles. The van der Waals surface area contributed by atoms with E-state index in [1.54, 1.807) is 12.1 Å². The SMILES string of the molecule is O=S(=O)(Nc1ccc(C2CCC(N3CCCC3)C2)cc1)c1ccc(F)c(F)c1. The van der Waals surface area contributed by atoms with Gasteiger partial charge in [-0.3, -0.25) is 4.72 Å². The number of nitrogens with zero attached hydrogens (tertiary/aromatic N) is 1. The molecule has 4 rings (SSSR count). The highest BCUT2D eigenvalue weighted by Gasteiger charge is 2.31. The minimum atomic E-state index is -3.97. The summed E-state index contributed by atoms with van der Waals surface area (Å²) >= 11 is 0. The Morgan fingerprint density at radius 2 is 1.64 bits per heavy atom. The quantitative estimate of drug-likeness (QED) is 0.796. The number of hydrogen-bond donors (Lipinski definition) is 1. The molecule has 1 aliphatic carbocycles. The van der Waals surface area contributed by atoms with Gasteiger partial charge < -0.3 is 4.90 Å². The molecule has 0 aromatic heterocycles. The summed E-state index contributed by atoms with van der Waals surface area (Å²) in [5, 5.41) is 0. The van der Waals surface area contributed by atoms with Crippen molar-refractivity contribution < 1.29 is 17.2 Å². The summed E-state index contributed by atoms with van der Waals surface area (Å²) in [5.74, 6) is -1.76. The monoisotopic (exact) mass is 406 g/mol. The van der Waals surface area contributed by atoms with Gasteiger partial charge in [-0.2, -0.15) is 0 Å². The van der Waals surface area contributed by atoms with Crippen molar-refractivity contribution in [1.82, 2.24) is 4.90 Å². The molecule has 2 fully saturated rings. The van der Waals surface area contributed by atoms with Crippen LogP contribution in [-0.2, 0) is 10.0 Å². The summed E-state index contributed by atoms with van der Waals surface area (Å²) in [4.78, 5) is 2.30. The van der Waals surface area contributed by atoms with Gasteiger partial charge in [0.15, 0.2) is 11.6 Å². The molecule has 2 aromatic rings. The number of hydrogen-bond acceptors (Lipinski definition) is 3. The van der Waals surface area contributed by atoms with Crippen LogP contribution in [-0.4, -0.2) is 32.4 Å². The first-order valence-corrected chi connectivity index (χ1v) is 11.2. The zero-order valence-electron chi connectivity index (χ0n) is 15.6. The van der Waals surface area contributed by atoms with E-state index in [1.165, 1.54) is 37.9 Å². The van der Waals surface area contributed by atoms with Gasteiger partial charge >= 0.3 is 0 Å². The fraction of sp³-hybridized carbons (Fsp3) is 0.429. The van der Waals surface area contributed by atoms with Crippen LogP contribution in [0.4, 0.5) is 14.5 Å². The molecule has 4 nitrogen and oxygen atoms in total. The summed E-state index contributed by atoms with van der Waals surface area (Å²) in [6.45, 7) is 2.42. The van der Waals surface area contributed by atoms with Crippen LogP contribution in [0.3, 0.4) is 0 Å². The number of anilines is 1. The highest BCUT2D eigenvalue weighted by molar-refractivity contribution is 7.92. The Kier molecular flexibility index (Phi) is 5.38. The number of sulfonamides is 1. The molecule has 0 radical (unpaired) electrons. The van der Waals surface area contributed by atoms with E-state index in [2.05, 4.69) is 9.62 Å². The summed E-state index contributed by atoms with van der Waals surface area (Å²) in [5.41, 5.74) is 1.63. The third kappa shape index (κ3) is 4.05. The summed E-state index contributed by atoms with van der Waals surface area (Å²) in [6, 6.07) is 10.6. The number of halogens is 2. The van der Waals surface area contributed by atoms with Crippen LogP contribution >= 0.6 is 0 Å². The van der Waals surface area contributed by atoms with Gasteiger partial charge in [0, 0.05) is 11.7 Å². The first kappa shape index (κ1) is 19.3. The van der Waals surface area contributed by atoms with Crippen molar-refractivity contribution >= 4 is 15.7 Å². The normalized spacial score (nSPS) is 23.2. The standard InChI is InChI=1S/C21H24F2N2O2S/c22-20-10-9-19(14-21(20)23)28(26,27)24-17-6-3-15(4-7-17)16-5-8-18(13-16)25-11-1-2-12-25/h3-4,6-7,9-10,14,16,18,24H,1-2,5,8,11-13H2. The lowest BCUT2D eigenvalue weighted by Gasteiger charge is -2.23. The molecule has 1 aliphatic heterocycles. The first-order valence-electron chi connectivity index (χ1n) is 9.74. The second-order valence-corrected chi connectivity index (χ2v) is 9.39. The Hall–Kier alpha value is -1.99. The van der Waals surface area contributed by atoms with Gasteiger partial charge in [0.2, 0.25) is 0 Å². The van der Waals surface area contributed by atoms with E-state index in [0.29, 0.717) is 23.7 Å². The third-order valence-electron chi connectivity index (χ3n) is 5.90. The molecule has 2 aromatic carbocycles. The van der Waals surface area contributed by atoms with E-state index >= 15 is 0 Å². The molecule has 150 valence electrons. The molecule has 28 heavy (non-hydrogen) atoms. The minimum absolute atomic E-state index is 0.306. The molecule has 0 amide bonds. The van der Waals surface area contributed by atoms with Gasteiger partial charge in [-0.05, 0) is 87.0 Å². The molecule has 0 bridgehead atoms. The second kappa shape index (κ2) is 7.79. The summed E-state index contributed by atoms with van der Waals surface area (Å²) < 4.78 is 53.6. The fourth-order valence-electron chi connectivity index (χ4n) is 4.38. The van der Waals surface area contributed by atoms with E-state index in [9.17, 15) is 17.2 Å². The van der Waals surface area contributed by atoms with E-state index in [-0.39, 0.29) is 4.90 Å². The van der Waals surface area contributed by atoms with Gasteiger partial charge in [-0.15, -0.1) is 0 Å². The zero-order chi connectivity index (χ0) is 19.7. The average Bonchev–Trinajstić information content (AvgIpc) is 3.35. The number of likely N-dealkylation sites (tertiary alicyclic amines) is 1. The lowest BCUT2D eigenvalue weighted by Crippen LogP contribution is -2.30. The third-order valence-corrected chi connectivity index (χ3v) is 7.28. The maximum Gasteiger partial charge on any atom is 0.261 e. The van der Waals surface area contributed by atoms with Crippen molar-refractivity contribution in [3.8, 4) is 0 Å².